The summed E-state index contributed by atoms with van der Waals surface area (Å²) < 4.78 is 5.70. The first kappa shape index (κ1) is 12.0. The van der Waals surface area contributed by atoms with E-state index in [1.165, 1.54) is 25.7 Å². The van der Waals surface area contributed by atoms with Gasteiger partial charge in [0.1, 0.15) is 5.75 Å². The van der Waals surface area contributed by atoms with Gasteiger partial charge in [-0.15, -0.1) is 0 Å². The van der Waals surface area contributed by atoms with Crippen molar-refractivity contribution < 1.29 is 9.53 Å². The van der Waals surface area contributed by atoms with Crippen LogP contribution in [0, 0.1) is 17.8 Å². The molecule has 0 aromatic heterocycles. The molecule has 20 heavy (non-hydrogen) atoms. The van der Waals surface area contributed by atoms with Crippen LogP contribution in [-0.4, -0.2) is 5.97 Å². The Morgan fingerprint density at radius 2 is 1.65 bits per heavy atom. The van der Waals surface area contributed by atoms with Crippen molar-refractivity contribution in [3.63, 3.8) is 0 Å². The lowest BCUT2D eigenvalue weighted by Crippen LogP contribution is -2.12. The summed E-state index contributed by atoms with van der Waals surface area (Å²) in [6, 6.07) is 13.9. The maximum Gasteiger partial charge on any atom is 0.314 e. The Hall–Kier alpha value is -1.83. The van der Waals surface area contributed by atoms with Crippen LogP contribution in [0.5, 0.6) is 5.75 Å². The van der Waals surface area contributed by atoms with E-state index >= 15 is 0 Å². The van der Waals surface area contributed by atoms with Gasteiger partial charge < -0.3 is 4.74 Å². The number of hydrogen-bond acceptors (Lipinski definition) is 2. The van der Waals surface area contributed by atoms with Gasteiger partial charge in [-0.05, 0) is 36.1 Å². The molecule has 102 valence electrons. The molecule has 0 heterocycles. The van der Waals surface area contributed by atoms with Crippen molar-refractivity contribution in [3.8, 4) is 5.75 Å². The average molecular weight is 266 g/mol. The van der Waals surface area contributed by atoms with Gasteiger partial charge in [-0.25, -0.2) is 0 Å². The van der Waals surface area contributed by atoms with Crippen LogP contribution in [0.3, 0.4) is 0 Å². The van der Waals surface area contributed by atoms with E-state index in [2.05, 4.69) is 0 Å². The van der Waals surface area contributed by atoms with Crippen LogP contribution >= 0.6 is 0 Å². The number of rotatable bonds is 2. The molecule has 2 aromatic rings. The Balaban J connectivity index is 1.57. The van der Waals surface area contributed by atoms with E-state index in [0.29, 0.717) is 17.6 Å². The highest BCUT2D eigenvalue weighted by molar-refractivity contribution is 5.91. The van der Waals surface area contributed by atoms with E-state index in [9.17, 15) is 4.79 Å². The summed E-state index contributed by atoms with van der Waals surface area (Å²) >= 11 is 0. The lowest BCUT2D eigenvalue weighted by molar-refractivity contribution is -0.136. The van der Waals surface area contributed by atoms with Gasteiger partial charge in [-0.1, -0.05) is 49.2 Å². The molecule has 0 bridgehead atoms. The molecule has 2 nitrogen and oxygen atoms in total. The Bertz CT molecular complexity index is 644. The van der Waals surface area contributed by atoms with Gasteiger partial charge in [0.2, 0.25) is 0 Å². The number of fused-ring (bicyclic) bond motifs is 2. The number of carbonyl (C=O) groups excluding carboxylic acids is 1. The summed E-state index contributed by atoms with van der Waals surface area (Å²) in [4.78, 5) is 12.4. The molecule has 2 saturated carbocycles. The van der Waals surface area contributed by atoms with E-state index in [-0.39, 0.29) is 11.9 Å². The van der Waals surface area contributed by atoms with E-state index in [0.717, 1.165) is 10.8 Å². The van der Waals surface area contributed by atoms with Crippen LogP contribution in [0.1, 0.15) is 25.7 Å². The summed E-state index contributed by atoms with van der Waals surface area (Å²) in [5.41, 5.74) is 0. The maximum atomic E-state index is 12.4. The van der Waals surface area contributed by atoms with Gasteiger partial charge in [0.15, 0.2) is 0 Å². The van der Waals surface area contributed by atoms with Gasteiger partial charge in [-0.2, -0.15) is 0 Å². The van der Waals surface area contributed by atoms with E-state index in [4.69, 9.17) is 4.74 Å². The molecule has 4 rings (SSSR count). The first-order chi connectivity index (χ1) is 9.84. The smallest absolute Gasteiger partial charge is 0.314 e. The van der Waals surface area contributed by atoms with E-state index < -0.39 is 0 Å². The quantitative estimate of drug-likeness (QED) is 0.602. The minimum absolute atomic E-state index is 0.0155. The van der Waals surface area contributed by atoms with Crippen LogP contribution < -0.4 is 4.74 Å². The highest BCUT2D eigenvalue weighted by Crippen LogP contribution is 2.55. The molecule has 2 aliphatic carbocycles. The zero-order valence-electron chi connectivity index (χ0n) is 11.4. The first-order valence-corrected chi connectivity index (χ1v) is 7.54. The highest BCUT2D eigenvalue weighted by atomic mass is 16.5. The molecule has 0 N–H and O–H groups in total. The van der Waals surface area contributed by atoms with Crippen molar-refractivity contribution in [2.24, 2.45) is 17.8 Å². The Kier molecular flexibility index (Phi) is 2.76. The fraction of sp³-hybridized carbons (Fsp3) is 0.389. The predicted octanol–water partition coefficient (Wildman–Crippen LogP) is 4.18. The van der Waals surface area contributed by atoms with Gasteiger partial charge in [0.25, 0.3) is 0 Å². The summed E-state index contributed by atoms with van der Waals surface area (Å²) in [6.07, 6.45) is 4.97. The Morgan fingerprint density at radius 3 is 2.45 bits per heavy atom. The lowest BCUT2D eigenvalue weighted by Gasteiger charge is -2.07. The van der Waals surface area contributed by atoms with Gasteiger partial charge in [0, 0.05) is 5.39 Å². The maximum absolute atomic E-state index is 12.4. The standard InChI is InChI=1S/C18H18O2/c19-18(17-14-9-3-4-10-15(14)17)20-16-11-5-7-12-6-1-2-8-13(12)16/h1-2,5-8,11,14-15,17H,3-4,9-10H2. The molecular formula is C18H18O2. The monoisotopic (exact) mass is 266 g/mol. The Labute approximate surface area is 118 Å². The largest absolute Gasteiger partial charge is 0.426 e. The van der Waals surface area contributed by atoms with Crippen molar-refractivity contribution in [1.29, 1.82) is 0 Å². The molecule has 0 aliphatic heterocycles. The minimum Gasteiger partial charge on any atom is -0.426 e. The summed E-state index contributed by atoms with van der Waals surface area (Å²) in [7, 11) is 0. The second kappa shape index (κ2) is 4.62. The topological polar surface area (TPSA) is 26.3 Å². The van der Waals surface area contributed by atoms with Crippen LogP contribution in [-0.2, 0) is 4.79 Å². The molecule has 0 saturated heterocycles. The summed E-state index contributed by atoms with van der Waals surface area (Å²) in [6.45, 7) is 0. The predicted molar refractivity (Wildman–Crippen MR) is 78.5 cm³/mol. The molecule has 2 heteroatoms. The fourth-order valence-electron chi connectivity index (χ4n) is 3.80. The van der Waals surface area contributed by atoms with Gasteiger partial charge in [0.05, 0.1) is 5.92 Å². The average Bonchev–Trinajstić information content (AvgIpc) is 3.22. The zero-order valence-corrected chi connectivity index (χ0v) is 11.4. The van der Waals surface area contributed by atoms with Crippen molar-refractivity contribution in [2.45, 2.75) is 25.7 Å². The molecule has 2 fully saturated rings. The van der Waals surface area contributed by atoms with Crippen molar-refractivity contribution in [1.82, 2.24) is 0 Å². The second-order valence-electron chi connectivity index (χ2n) is 6.04. The van der Waals surface area contributed by atoms with Crippen LogP contribution in [0.2, 0.25) is 0 Å². The molecule has 2 aromatic carbocycles. The van der Waals surface area contributed by atoms with Crippen LogP contribution in [0.15, 0.2) is 42.5 Å². The third-order valence-electron chi connectivity index (χ3n) is 4.89. The van der Waals surface area contributed by atoms with Crippen molar-refractivity contribution >= 4 is 16.7 Å². The SMILES string of the molecule is O=C(Oc1cccc2ccccc12)C1C2CCCCC21. The third-order valence-corrected chi connectivity index (χ3v) is 4.89. The Morgan fingerprint density at radius 1 is 0.950 bits per heavy atom. The zero-order chi connectivity index (χ0) is 13.5. The van der Waals surface area contributed by atoms with Crippen LogP contribution in [0.4, 0.5) is 0 Å². The molecule has 2 atom stereocenters. The molecule has 0 radical (unpaired) electrons. The summed E-state index contributed by atoms with van der Waals surface area (Å²) in [5.74, 6) is 2.06. The number of hydrogen-bond donors (Lipinski definition) is 0. The lowest BCUT2D eigenvalue weighted by atomic mass is 10.0. The second-order valence-corrected chi connectivity index (χ2v) is 6.04. The van der Waals surface area contributed by atoms with Crippen LogP contribution in [0.25, 0.3) is 10.8 Å². The van der Waals surface area contributed by atoms with Gasteiger partial charge >= 0.3 is 5.97 Å². The van der Waals surface area contributed by atoms with Gasteiger partial charge in [-0.3, -0.25) is 4.79 Å². The normalized spacial score (nSPS) is 27.9. The molecular weight excluding hydrogens is 248 g/mol. The number of ether oxygens (including phenoxy) is 1. The summed E-state index contributed by atoms with van der Waals surface area (Å²) in [5, 5.41) is 2.14. The highest BCUT2D eigenvalue weighted by Gasteiger charge is 2.55. The minimum atomic E-state index is -0.0155. The molecule has 2 aliphatic rings. The van der Waals surface area contributed by atoms with Crippen molar-refractivity contribution in [2.75, 3.05) is 0 Å². The van der Waals surface area contributed by atoms with E-state index in [1.807, 2.05) is 42.5 Å². The number of benzene rings is 2. The third kappa shape index (κ3) is 1.91. The van der Waals surface area contributed by atoms with E-state index in [1.54, 1.807) is 0 Å². The molecule has 2 unspecified atom stereocenters. The molecule has 0 amide bonds. The van der Waals surface area contributed by atoms with Crippen molar-refractivity contribution in [3.05, 3.63) is 42.5 Å². The number of esters is 1. The first-order valence-electron chi connectivity index (χ1n) is 7.54. The fourth-order valence-corrected chi connectivity index (χ4v) is 3.80. The molecule has 0 spiro atoms. The number of carbonyl (C=O) groups is 1.